The van der Waals surface area contributed by atoms with Crippen molar-refractivity contribution in [1.29, 1.82) is 0 Å². The Bertz CT molecular complexity index is 490. The van der Waals surface area contributed by atoms with E-state index < -0.39 is 0 Å². The van der Waals surface area contributed by atoms with Gasteiger partial charge in [-0.2, -0.15) is 0 Å². The summed E-state index contributed by atoms with van der Waals surface area (Å²) < 4.78 is 16.2. The van der Waals surface area contributed by atoms with Gasteiger partial charge < -0.3 is 24.6 Å². The quantitative estimate of drug-likeness (QED) is 0.404. The Labute approximate surface area is 144 Å². The number of aromatic nitrogens is 1. The summed E-state index contributed by atoms with van der Waals surface area (Å²) in [6.45, 7) is 10.7. The summed E-state index contributed by atoms with van der Waals surface area (Å²) in [6.07, 6.45) is 3.07. The highest BCUT2D eigenvalue weighted by Gasteiger charge is 2.15. The van der Waals surface area contributed by atoms with Gasteiger partial charge in [-0.15, -0.1) is 0 Å². The predicted octanol–water partition coefficient (Wildman–Crippen LogP) is 1.58. The highest BCUT2D eigenvalue weighted by molar-refractivity contribution is 5.79. The van der Waals surface area contributed by atoms with Gasteiger partial charge in [-0.05, 0) is 40.0 Å². The lowest BCUT2D eigenvalue weighted by molar-refractivity contribution is 0.0424. The fourth-order valence-electron chi connectivity index (χ4n) is 2.66. The fourth-order valence-corrected chi connectivity index (χ4v) is 2.66. The maximum Gasteiger partial charge on any atom is 0.191 e. The van der Waals surface area contributed by atoms with Gasteiger partial charge in [0, 0.05) is 38.4 Å². The third-order valence-corrected chi connectivity index (χ3v) is 4.01. The van der Waals surface area contributed by atoms with Gasteiger partial charge in [-0.3, -0.25) is 4.99 Å². The molecule has 0 amide bonds. The summed E-state index contributed by atoms with van der Waals surface area (Å²) >= 11 is 0. The van der Waals surface area contributed by atoms with Crippen molar-refractivity contribution < 1.29 is 14.0 Å². The number of aliphatic imine (C=N–C) groups is 1. The number of hydrogen-bond donors (Lipinski definition) is 2. The van der Waals surface area contributed by atoms with Crippen molar-refractivity contribution in [1.82, 2.24) is 15.8 Å². The van der Waals surface area contributed by atoms with Crippen molar-refractivity contribution in [2.75, 3.05) is 39.5 Å². The van der Waals surface area contributed by atoms with Gasteiger partial charge in [0.15, 0.2) is 5.96 Å². The Morgan fingerprint density at radius 3 is 2.92 bits per heavy atom. The predicted molar refractivity (Wildman–Crippen MR) is 93.5 cm³/mol. The van der Waals surface area contributed by atoms with E-state index in [1.165, 1.54) is 5.56 Å². The van der Waals surface area contributed by atoms with Gasteiger partial charge in [-0.1, -0.05) is 5.16 Å². The highest BCUT2D eigenvalue weighted by atomic mass is 16.5. The largest absolute Gasteiger partial charge is 0.379 e. The third kappa shape index (κ3) is 6.13. The summed E-state index contributed by atoms with van der Waals surface area (Å²) in [6, 6.07) is 0. The Hall–Kier alpha value is -1.60. The molecule has 1 aliphatic rings. The second-order valence-electron chi connectivity index (χ2n) is 5.95. The molecule has 7 nitrogen and oxygen atoms in total. The molecule has 1 fully saturated rings. The first-order chi connectivity index (χ1) is 11.7. The van der Waals surface area contributed by atoms with Crippen LogP contribution in [0.4, 0.5) is 0 Å². The number of hydrogen-bond acceptors (Lipinski definition) is 5. The van der Waals surface area contributed by atoms with Crippen LogP contribution in [-0.4, -0.2) is 56.7 Å². The first kappa shape index (κ1) is 18.7. The summed E-state index contributed by atoms with van der Waals surface area (Å²) in [4.78, 5) is 4.59. The summed E-state index contributed by atoms with van der Waals surface area (Å²) in [5, 5.41) is 10.6. The second kappa shape index (κ2) is 10.3. The molecule has 1 unspecified atom stereocenters. The minimum absolute atomic E-state index is 0.274. The minimum atomic E-state index is 0.274. The lowest BCUT2D eigenvalue weighted by Crippen LogP contribution is -2.38. The van der Waals surface area contributed by atoms with Gasteiger partial charge in [-0.25, -0.2) is 0 Å². The second-order valence-corrected chi connectivity index (χ2v) is 5.95. The Morgan fingerprint density at radius 1 is 1.38 bits per heavy atom. The number of rotatable bonds is 9. The maximum absolute atomic E-state index is 5.75. The van der Waals surface area contributed by atoms with Crippen LogP contribution < -0.4 is 10.6 Å². The van der Waals surface area contributed by atoms with E-state index in [2.05, 4.69) is 27.7 Å². The van der Waals surface area contributed by atoms with Gasteiger partial charge >= 0.3 is 0 Å². The first-order valence-corrected chi connectivity index (χ1v) is 8.84. The number of aryl methyl sites for hydroxylation is 2. The lowest BCUT2D eigenvalue weighted by Gasteiger charge is -2.12. The average molecular weight is 338 g/mol. The fraction of sp³-hybridized carbons (Fsp3) is 0.765. The van der Waals surface area contributed by atoms with E-state index in [9.17, 15) is 0 Å². The van der Waals surface area contributed by atoms with Crippen molar-refractivity contribution in [2.45, 2.75) is 46.1 Å². The van der Waals surface area contributed by atoms with Gasteiger partial charge in [0.05, 0.1) is 18.4 Å². The van der Waals surface area contributed by atoms with Crippen molar-refractivity contribution in [3.8, 4) is 0 Å². The summed E-state index contributed by atoms with van der Waals surface area (Å²) in [7, 11) is 0. The van der Waals surface area contributed by atoms with Crippen LogP contribution in [0.15, 0.2) is 9.52 Å². The molecule has 2 heterocycles. The maximum atomic E-state index is 5.75. The highest BCUT2D eigenvalue weighted by Crippen LogP contribution is 2.12. The summed E-state index contributed by atoms with van der Waals surface area (Å²) in [5.41, 5.74) is 2.13. The molecule has 136 valence electrons. The van der Waals surface area contributed by atoms with Crippen LogP contribution in [0.1, 0.15) is 36.8 Å². The van der Waals surface area contributed by atoms with E-state index in [0.29, 0.717) is 0 Å². The van der Waals surface area contributed by atoms with Crippen LogP contribution in [0.25, 0.3) is 0 Å². The topological polar surface area (TPSA) is 80.9 Å². The van der Waals surface area contributed by atoms with Crippen LogP contribution in [0.5, 0.6) is 0 Å². The number of nitrogens with zero attached hydrogens (tertiary/aromatic N) is 2. The molecule has 7 heteroatoms. The molecule has 0 bridgehead atoms. The lowest BCUT2D eigenvalue weighted by atomic mass is 10.1. The smallest absolute Gasteiger partial charge is 0.191 e. The van der Waals surface area contributed by atoms with Crippen LogP contribution in [0.2, 0.25) is 0 Å². The van der Waals surface area contributed by atoms with Crippen molar-refractivity contribution in [2.24, 2.45) is 4.99 Å². The molecule has 1 saturated heterocycles. The van der Waals surface area contributed by atoms with Crippen molar-refractivity contribution >= 4 is 5.96 Å². The molecule has 2 rings (SSSR count). The van der Waals surface area contributed by atoms with E-state index in [1.807, 2.05) is 13.8 Å². The van der Waals surface area contributed by atoms with Crippen LogP contribution in [-0.2, 0) is 15.9 Å². The van der Waals surface area contributed by atoms with E-state index >= 15 is 0 Å². The van der Waals surface area contributed by atoms with Crippen LogP contribution >= 0.6 is 0 Å². The number of ether oxygens (including phenoxy) is 2. The Balaban J connectivity index is 1.66. The van der Waals surface area contributed by atoms with Crippen LogP contribution in [0.3, 0.4) is 0 Å². The molecule has 0 aromatic carbocycles. The molecule has 1 aromatic rings. The zero-order chi connectivity index (χ0) is 17.2. The molecule has 0 saturated carbocycles. The van der Waals surface area contributed by atoms with Crippen molar-refractivity contribution in [3.63, 3.8) is 0 Å². The van der Waals surface area contributed by atoms with Gasteiger partial charge in [0.25, 0.3) is 0 Å². The van der Waals surface area contributed by atoms with Crippen LogP contribution in [0, 0.1) is 13.8 Å². The Morgan fingerprint density at radius 2 is 2.25 bits per heavy atom. The number of nitrogens with one attached hydrogen (secondary N) is 2. The molecule has 1 atom stereocenters. The molecule has 24 heavy (non-hydrogen) atoms. The number of guanidine groups is 1. The normalized spacial score (nSPS) is 18.1. The minimum Gasteiger partial charge on any atom is -0.379 e. The summed E-state index contributed by atoms with van der Waals surface area (Å²) in [5.74, 6) is 1.73. The Kier molecular flexibility index (Phi) is 8.04. The monoisotopic (exact) mass is 338 g/mol. The van der Waals surface area contributed by atoms with Crippen molar-refractivity contribution in [3.05, 3.63) is 17.0 Å². The molecule has 0 spiro atoms. The zero-order valence-electron chi connectivity index (χ0n) is 15.1. The molecular weight excluding hydrogens is 308 g/mol. The molecule has 2 N–H and O–H groups in total. The van der Waals surface area contributed by atoms with E-state index in [1.54, 1.807) is 0 Å². The SMILES string of the molecule is CCNC(=NCCCOC1CCOC1)NCCc1c(C)noc1C. The van der Waals surface area contributed by atoms with E-state index in [4.69, 9.17) is 14.0 Å². The molecule has 0 aliphatic carbocycles. The third-order valence-electron chi connectivity index (χ3n) is 4.01. The van der Waals surface area contributed by atoms with E-state index in [0.717, 1.165) is 76.1 Å². The van der Waals surface area contributed by atoms with Gasteiger partial charge in [0.2, 0.25) is 0 Å². The molecular formula is C17H30N4O3. The molecule has 1 aromatic heterocycles. The average Bonchev–Trinajstić information content (AvgIpc) is 3.19. The molecule has 1 aliphatic heterocycles. The van der Waals surface area contributed by atoms with E-state index in [-0.39, 0.29) is 6.10 Å². The van der Waals surface area contributed by atoms with Gasteiger partial charge in [0.1, 0.15) is 5.76 Å². The zero-order valence-corrected chi connectivity index (χ0v) is 15.1. The molecule has 0 radical (unpaired) electrons. The standard InChI is InChI=1S/C17H30N4O3/c1-4-18-17(19-8-5-10-23-15-7-11-22-12-15)20-9-6-16-13(2)21-24-14(16)3/h15H,4-12H2,1-3H3,(H2,18,19,20). The first-order valence-electron chi connectivity index (χ1n) is 8.84.